The van der Waals surface area contributed by atoms with Crippen molar-refractivity contribution >= 4 is 34.6 Å². The van der Waals surface area contributed by atoms with Crippen LogP contribution in [0.4, 0.5) is 5.69 Å². The summed E-state index contributed by atoms with van der Waals surface area (Å²) >= 11 is 11.8. The molecule has 0 saturated carbocycles. The van der Waals surface area contributed by atoms with Crippen molar-refractivity contribution in [3.05, 3.63) is 82.8 Å². The molecule has 1 heterocycles. The average molecular weight is 401 g/mol. The van der Waals surface area contributed by atoms with E-state index in [-0.39, 0.29) is 0 Å². The summed E-state index contributed by atoms with van der Waals surface area (Å²) in [6.45, 7) is 3.16. The number of nitrogens with zero attached hydrogens (tertiary/aromatic N) is 1. The maximum Gasteiger partial charge on any atom is 0.174 e. The lowest BCUT2D eigenvalue weighted by molar-refractivity contribution is 0.360. The quantitative estimate of drug-likeness (QED) is 0.541. The van der Waals surface area contributed by atoms with Crippen LogP contribution in [0.15, 0.2) is 65.3 Å². The van der Waals surface area contributed by atoms with E-state index in [0.29, 0.717) is 23.2 Å². The Kier molecular flexibility index (Phi) is 6.37. The van der Waals surface area contributed by atoms with Crippen LogP contribution in [-0.4, -0.2) is 17.1 Å². The van der Waals surface area contributed by atoms with Crippen LogP contribution in [0.3, 0.4) is 0 Å². The van der Waals surface area contributed by atoms with Crippen LogP contribution >= 0.6 is 23.8 Å². The van der Waals surface area contributed by atoms with E-state index in [1.807, 2.05) is 66.4 Å². The van der Waals surface area contributed by atoms with Gasteiger partial charge in [0.2, 0.25) is 0 Å². The summed E-state index contributed by atoms with van der Waals surface area (Å²) in [7, 11) is 1.65. The second kappa shape index (κ2) is 8.93. The predicted molar refractivity (Wildman–Crippen MR) is 113 cm³/mol. The molecule has 1 N–H and O–H groups in total. The van der Waals surface area contributed by atoms with Crippen molar-refractivity contribution < 1.29 is 9.15 Å². The van der Waals surface area contributed by atoms with E-state index in [1.165, 1.54) is 0 Å². The number of thiocarbonyl (C=S) groups is 1. The molecule has 0 unspecified atom stereocenters. The first-order chi connectivity index (χ1) is 13.0. The second-order valence-corrected chi connectivity index (χ2v) is 7.02. The summed E-state index contributed by atoms with van der Waals surface area (Å²) < 4.78 is 11.0. The number of ether oxygens (including phenoxy) is 1. The van der Waals surface area contributed by atoms with Gasteiger partial charge < -0.3 is 19.4 Å². The highest BCUT2D eigenvalue weighted by atomic mass is 35.5. The Hall–Kier alpha value is -2.50. The largest absolute Gasteiger partial charge is 0.495 e. The molecule has 6 heteroatoms. The topological polar surface area (TPSA) is 37.6 Å². The minimum Gasteiger partial charge on any atom is -0.495 e. The van der Waals surface area contributed by atoms with Crippen LogP contribution in [0.2, 0.25) is 5.02 Å². The van der Waals surface area contributed by atoms with E-state index in [9.17, 15) is 0 Å². The third-order valence-corrected chi connectivity index (χ3v) is 4.67. The molecular weight excluding hydrogens is 380 g/mol. The molecule has 0 aliphatic carbocycles. The molecule has 0 atom stereocenters. The molecule has 0 spiro atoms. The van der Waals surface area contributed by atoms with Crippen molar-refractivity contribution in [1.29, 1.82) is 0 Å². The van der Waals surface area contributed by atoms with Crippen molar-refractivity contribution in [3.8, 4) is 5.75 Å². The van der Waals surface area contributed by atoms with E-state index in [0.717, 1.165) is 28.3 Å². The Balaban J connectivity index is 1.82. The number of rotatable bonds is 6. The highest BCUT2D eigenvalue weighted by molar-refractivity contribution is 7.80. The van der Waals surface area contributed by atoms with Crippen molar-refractivity contribution in [1.82, 2.24) is 4.90 Å². The molecule has 140 valence electrons. The smallest absolute Gasteiger partial charge is 0.174 e. The molecule has 0 fully saturated rings. The van der Waals surface area contributed by atoms with Crippen LogP contribution < -0.4 is 10.1 Å². The number of hydrogen-bond donors (Lipinski definition) is 1. The fraction of sp³-hybridized carbons (Fsp3) is 0.190. The first-order valence-corrected chi connectivity index (χ1v) is 9.31. The maximum atomic E-state index is 6.13. The number of halogens is 1. The zero-order chi connectivity index (χ0) is 19.2. The van der Waals surface area contributed by atoms with E-state index in [4.69, 9.17) is 33.0 Å². The molecule has 1 aromatic heterocycles. The summed E-state index contributed by atoms with van der Waals surface area (Å²) in [5, 5.41) is 4.57. The van der Waals surface area contributed by atoms with Gasteiger partial charge in [0.25, 0.3) is 0 Å². The second-order valence-electron chi connectivity index (χ2n) is 6.20. The molecule has 3 aromatic rings. The van der Waals surface area contributed by atoms with Gasteiger partial charge in [0.05, 0.1) is 25.6 Å². The Bertz CT molecular complexity index is 912. The molecule has 0 saturated heterocycles. The molecule has 0 aliphatic heterocycles. The van der Waals surface area contributed by atoms with Crippen LogP contribution in [0.1, 0.15) is 16.9 Å². The monoisotopic (exact) mass is 400 g/mol. The number of aryl methyl sites for hydroxylation is 1. The minimum atomic E-state index is 0.541. The van der Waals surface area contributed by atoms with E-state index < -0.39 is 0 Å². The standard InChI is InChI=1S/C21H21ClN2O2S/c1-15-8-9-19(20(11-15)25-2)23-21(27)24(14-18-7-4-10-26-18)13-16-5-3-6-17(22)12-16/h3-12H,13-14H2,1-2H3,(H,23,27). The first kappa shape index (κ1) is 19.3. The summed E-state index contributed by atoms with van der Waals surface area (Å²) in [5.41, 5.74) is 3.01. The van der Waals surface area contributed by atoms with E-state index >= 15 is 0 Å². The number of furan rings is 1. The molecule has 0 radical (unpaired) electrons. The Morgan fingerprint density at radius 1 is 1.15 bits per heavy atom. The predicted octanol–water partition coefficient (Wildman–Crippen LogP) is 5.65. The summed E-state index contributed by atoms with van der Waals surface area (Å²) in [6.07, 6.45) is 1.66. The zero-order valence-corrected chi connectivity index (χ0v) is 16.8. The van der Waals surface area contributed by atoms with E-state index in [1.54, 1.807) is 13.4 Å². The molecule has 27 heavy (non-hydrogen) atoms. The van der Waals surface area contributed by atoms with Crippen molar-refractivity contribution in [2.24, 2.45) is 0 Å². The van der Waals surface area contributed by atoms with Crippen LogP contribution in [0.25, 0.3) is 0 Å². The van der Waals surface area contributed by atoms with Gasteiger partial charge in [0.15, 0.2) is 5.11 Å². The van der Waals surface area contributed by atoms with Gasteiger partial charge in [-0.2, -0.15) is 0 Å². The van der Waals surface area contributed by atoms with Crippen molar-refractivity contribution in [3.63, 3.8) is 0 Å². The Labute approximate surface area is 169 Å². The van der Waals surface area contributed by atoms with Gasteiger partial charge in [0.1, 0.15) is 11.5 Å². The Morgan fingerprint density at radius 3 is 2.70 bits per heavy atom. The number of hydrogen-bond acceptors (Lipinski definition) is 3. The van der Waals surface area contributed by atoms with Gasteiger partial charge in [-0.25, -0.2) is 0 Å². The molecule has 0 bridgehead atoms. The van der Waals surface area contributed by atoms with Crippen LogP contribution in [0, 0.1) is 6.92 Å². The molecule has 0 amide bonds. The van der Waals surface area contributed by atoms with Gasteiger partial charge in [0, 0.05) is 11.6 Å². The third-order valence-electron chi connectivity index (χ3n) is 4.08. The van der Waals surface area contributed by atoms with Crippen molar-refractivity contribution in [2.75, 3.05) is 12.4 Å². The number of methoxy groups -OCH3 is 1. The lowest BCUT2D eigenvalue weighted by atomic mass is 10.2. The number of benzene rings is 2. The summed E-state index contributed by atoms with van der Waals surface area (Å²) in [6, 6.07) is 17.5. The van der Waals surface area contributed by atoms with Gasteiger partial charge in [-0.3, -0.25) is 0 Å². The molecule has 4 nitrogen and oxygen atoms in total. The number of nitrogens with one attached hydrogen (secondary N) is 1. The van der Waals surface area contributed by atoms with Gasteiger partial charge in [-0.1, -0.05) is 29.8 Å². The lowest BCUT2D eigenvalue weighted by Gasteiger charge is -2.26. The molecular formula is C21H21ClN2O2S. The summed E-state index contributed by atoms with van der Waals surface area (Å²) in [4.78, 5) is 2.03. The Morgan fingerprint density at radius 2 is 2.00 bits per heavy atom. The normalized spacial score (nSPS) is 10.5. The maximum absolute atomic E-state index is 6.13. The minimum absolute atomic E-state index is 0.541. The number of anilines is 1. The van der Waals surface area contributed by atoms with Gasteiger partial charge in [-0.15, -0.1) is 0 Å². The highest BCUT2D eigenvalue weighted by Gasteiger charge is 2.15. The lowest BCUT2D eigenvalue weighted by Crippen LogP contribution is -2.33. The summed E-state index contributed by atoms with van der Waals surface area (Å²) in [5.74, 6) is 1.58. The fourth-order valence-corrected chi connectivity index (χ4v) is 3.19. The molecule has 2 aromatic carbocycles. The molecule has 3 rings (SSSR count). The van der Waals surface area contributed by atoms with Crippen LogP contribution in [-0.2, 0) is 13.1 Å². The fourth-order valence-electron chi connectivity index (χ4n) is 2.74. The SMILES string of the molecule is COc1cc(C)ccc1NC(=S)N(Cc1cccc(Cl)c1)Cc1ccco1. The molecule has 0 aliphatic rings. The highest BCUT2D eigenvalue weighted by Crippen LogP contribution is 2.26. The van der Waals surface area contributed by atoms with Gasteiger partial charge in [-0.05, 0) is 66.7 Å². The van der Waals surface area contributed by atoms with Crippen LogP contribution in [0.5, 0.6) is 5.75 Å². The van der Waals surface area contributed by atoms with E-state index in [2.05, 4.69) is 5.32 Å². The first-order valence-electron chi connectivity index (χ1n) is 8.52. The third kappa shape index (κ3) is 5.25. The zero-order valence-electron chi connectivity index (χ0n) is 15.2. The van der Waals surface area contributed by atoms with Crippen molar-refractivity contribution in [2.45, 2.75) is 20.0 Å². The average Bonchev–Trinajstić information content (AvgIpc) is 3.15. The van der Waals surface area contributed by atoms with Gasteiger partial charge >= 0.3 is 0 Å².